The van der Waals surface area contributed by atoms with Crippen molar-refractivity contribution in [2.24, 2.45) is 0 Å². The van der Waals surface area contributed by atoms with Crippen molar-refractivity contribution in [1.29, 1.82) is 0 Å². The quantitative estimate of drug-likeness (QED) is 0.760. The molecule has 1 aromatic rings. The van der Waals surface area contributed by atoms with Crippen molar-refractivity contribution in [2.75, 3.05) is 13.7 Å². The van der Waals surface area contributed by atoms with Crippen LogP contribution in [-0.4, -0.2) is 24.7 Å². The lowest BCUT2D eigenvalue weighted by Crippen LogP contribution is -2.27. The average Bonchev–Trinajstić information content (AvgIpc) is 2.39. The number of benzene rings is 1. The average molecular weight is 233 g/mol. The molecule has 1 aromatic carbocycles. The Morgan fingerprint density at radius 2 is 2.12 bits per heavy atom. The third-order valence-corrected chi connectivity index (χ3v) is 2.83. The van der Waals surface area contributed by atoms with E-state index < -0.39 is 0 Å². The number of methoxy groups -OCH3 is 1. The lowest BCUT2D eigenvalue weighted by Gasteiger charge is -2.22. The molecule has 0 saturated heterocycles. The van der Waals surface area contributed by atoms with Gasteiger partial charge < -0.3 is 15.2 Å². The number of aromatic hydroxyl groups is 1. The van der Waals surface area contributed by atoms with E-state index >= 15 is 0 Å². The SMILES string of the molecule is COC(=O)C1=CC(c2ccc(O)cc2)NCC1. The Balaban J connectivity index is 2.21. The first-order chi connectivity index (χ1) is 8.20. The van der Waals surface area contributed by atoms with Crippen LogP contribution in [0.3, 0.4) is 0 Å². The highest BCUT2D eigenvalue weighted by Gasteiger charge is 2.19. The summed E-state index contributed by atoms with van der Waals surface area (Å²) >= 11 is 0. The highest BCUT2D eigenvalue weighted by Crippen LogP contribution is 2.23. The Morgan fingerprint density at radius 3 is 2.76 bits per heavy atom. The van der Waals surface area contributed by atoms with Crippen molar-refractivity contribution in [1.82, 2.24) is 5.32 Å². The first-order valence-corrected chi connectivity index (χ1v) is 5.52. The van der Waals surface area contributed by atoms with E-state index in [2.05, 4.69) is 5.32 Å². The van der Waals surface area contributed by atoms with Gasteiger partial charge in [0.2, 0.25) is 0 Å². The molecule has 4 nitrogen and oxygen atoms in total. The number of nitrogens with one attached hydrogen (secondary N) is 1. The number of ether oxygens (including phenoxy) is 1. The Kier molecular flexibility index (Phi) is 3.44. The van der Waals surface area contributed by atoms with Gasteiger partial charge in [0.15, 0.2) is 0 Å². The smallest absolute Gasteiger partial charge is 0.333 e. The topological polar surface area (TPSA) is 58.6 Å². The van der Waals surface area contributed by atoms with Crippen LogP contribution in [0.1, 0.15) is 18.0 Å². The van der Waals surface area contributed by atoms with Crippen molar-refractivity contribution in [3.05, 3.63) is 41.5 Å². The molecule has 1 atom stereocenters. The summed E-state index contributed by atoms with van der Waals surface area (Å²) in [5, 5.41) is 12.5. The number of phenolic OH excluding ortho intramolecular Hbond substituents is 1. The van der Waals surface area contributed by atoms with E-state index in [1.54, 1.807) is 12.1 Å². The Hall–Kier alpha value is -1.81. The van der Waals surface area contributed by atoms with Gasteiger partial charge in [0.05, 0.1) is 13.2 Å². The minimum Gasteiger partial charge on any atom is -0.508 e. The van der Waals surface area contributed by atoms with Crippen molar-refractivity contribution < 1.29 is 14.6 Å². The van der Waals surface area contributed by atoms with Crippen LogP contribution in [0.4, 0.5) is 0 Å². The minimum atomic E-state index is -0.268. The zero-order chi connectivity index (χ0) is 12.3. The maximum Gasteiger partial charge on any atom is 0.333 e. The van der Waals surface area contributed by atoms with Gasteiger partial charge in [0.25, 0.3) is 0 Å². The Morgan fingerprint density at radius 1 is 1.41 bits per heavy atom. The van der Waals surface area contributed by atoms with Gasteiger partial charge in [0, 0.05) is 12.1 Å². The van der Waals surface area contributed by atoms with Crippen molar-refractivity contribution in [3.63, 3.8) is 0 Å². The fourth-order valence-electron chi connectivity index (χ4n) is 1.90. The van der Waals surface area contributed by atoms with Gasteiger partial charge in [0.1, 0.15) is 5.75 Å². The summed E-state index contributed by atoms with van der Waals surface area (Å²) in [6, 6.07) is 6.94. The fourth-order valence-corrected chi connectivity index (χ4v) is 1.90. The summed E-state index contributed by atoms with van der Waals surface area (Å²) in [4.78, 5) is 11.4. The van der Waals surface area contributed by atoms with Gasteiger partial charge in [-0.05, 0) is 24.1 Å². The van der Waals surface area contributed by atoms with E-state index in [1.807, 2.05) is 18.2 Å². The molecule has 2 N–H and O–H groups in total. The molecule has 0 aromatic heterocycles. The predicted octanol–water partition coefficient (Wildman–Crippen LogP) is 1.53. The molecule has 1 heterocycles. The summed E-state index contributed by atoms with van der Waals surface area (Å²) in [6.45, 7) is 0.743. The molecule has 17 heavy (non-hydrogen) atoms. The van der Waals surface area contributed by atoms with Gasteiger partial charge in [-0.25, -0.2) is 4.79 Å². The molecule has 0 aliphatic carbocycles. The molecular weight excluding hydrogens is 218 g/mol. The van der Waals surface area contributed by atoms with Crippen LogP contribution in [0.5, 0.6) is 5.75 Å². The molecule has 2 rings (SSSR count). The fraction of sp³-hybridized carbons (Fsp3) is 0.308. The number of rotatable bonds is 2. The lowest BCUT2D eigenvalue weighted by molar-refractivity contribution is -0.136. The standard InChI is InChI=1S/C13H15NO3/c1-17-13(16)10-6-7-14-12(8-10)9-2-4-11(15)5-3-9/h2-5,8,12,14-15H,6-7H2,1H3. The Bertz CT molecular complexity index is 436. The molecule has 1 aliphatic rings. The van der Waals surface area contributed by atoms with E-state index in [4.69, 9.17) is 4.74 Å². The molecule has 90 valence electrons. The van der Waals surface area contributed by atoms with Crippen molar-refractivity contribution in [2.45, 2.75) is 12.5 Å². The second kappa shape index (κ2) is 5.01. The first-order valence-electron chi connectivity index (χ1n) is 5.52. The van der Waals surface area contributed by atoms with E-state index in [-0.39, 0.29) is 17.8 Å². The second-order valence-corrected chi connectivity index (χ2v) is 3.96. The predicted molar refractivity (Wildman–Crippen MR) is 63.6 cm³/mol. The van der Waals surface area contributed by atoms with E-state index in [0.29, 0.717) is 12.0 Å². The third kappa shape index (κ3) is 2.65. The maximum atomic E-state index is 11.4. The summed E-state index contributed by atoms with van der Waals surface area (Å²) in [7, 11) is 1.39. The number of carbonyl (C=O) groups is 1. The van der Waals surface area contributed by atoms with Gasteiger partial charge in [-0.15, -0.1) is 0 Å². The van der Waals surface area contributed by atoms with Gasteiger partial charge in [-0.2, -0.15) is 0 Å². The molecule has 1 unspecified atom stereocenters. The van der Waals surface area contributed by atoms with Crippen molar-refractivity contribution in [3.8, 4) is 5.75 Å². The van der Waals surface area contributed by atoms with Crippen LogP contribution in [0, 0.1) is 0 Å². The second-order valence-electron chi connectivity index (χ2n) is 3.96. The molecule has 0 radical (unpaired) electrons. The number of hydrogen-bond acceptors (Lipinski definition) is 4. The first kappa shape index (κ1) is 11.7. The minimum absolute atomic E-state index is 0.00144. The molecule has 1 aliphatic heterocycles. The zero-order valence-corrected chi connectivity index (χ0v) is 9.64. The molecule has 0 spiro atoms. The molecular formula is C13H15NO3. The largest absolute Gasteiger partial charge is 0.508 e. The number of esters is 1. The maximum absolute atomic E-state index is 11.4. The molecule has 0 bridgehead atoms. The third-order valence-electron chi connectivity index (χ3n) is 2.83. The van der Waals surface area contributed by atoms with Gasteiger partial charge in [-0.3, -0.25) is 0 Å². The summed E-state index contributed by atoms with van der Waals surface area (Å²) in [6.07, 6.45) is 2.56. The molecule has 0 fully saturated rings. The zero-order valence-electron chi connectivity index (χ0n) is 9.64. The Labute approximate surface area is 99.9 Å². The normalized spacial score (nSPS) is 19.6. The van der Waals surface area contributed by atoms with Crippen LogP contribution < -0.4 is 5.32 Å². The van der Waals surface area contributed by atoms with Crippen LogP contribution in [0.2, 0.25) is 0 Å². The number of hydrogen-bond donors (Lipinski definition) is 2. The van der Waals surface area contributed by atoms with E-state index in [9.17, 15) is 9.90 Å². The van der Waals surface area contributed by atoms with Crippen molar-refractivity contribution >= 4 is 5.97 Å². The highest BCUT2D eigenvalue weighted by atomic mass is 16.5. The van der Waals surface area contributed by atoms with Crippen LogP contribution in [-0.2, 0) is 9.53 Å². The monoisotopic (exact) mass is 233 g/mol. The molecule has 4 heteroatoms. The van der Waals surface area contributed by atoms with Crippen LogP contribution >= 0.6 is 0 Å². The van der Waals surface area contributed by atoms with E-state index in [1.165, 1.54) is 7.11 Å². The number of carbonyl (C=O) groups excluding carboxylic acids is 1. The van der Waals surface area contributed by atoms with Gasteiger partial charge in [-0.1, -0.05) is 18.2 Å². The molecule has 0 amide bonds. The highest BCUT2D eigenvalue weighted by molar-refractivity contribution is 5.88. The molecule has 0 saturated carbocycles. The van der Waals surface area contributed by atoms with Crippen LogP contribution in [0.15, 0.2) is 35.9 Å². The summed E-state index contributed by atoms with van der Waals surface area (Å²) in [5.74, 6) is -0.0305. The number of phenols is 1. The van der Waals surface area contributed by atoms with Gasteiger partial charge >= 0.3 is 5.97 Å². The lowest BCUT2D eigenvalue weighted by atomic mass is 9.98. The van der Waals surface area contributed by atoms with Crippen LogP contribution in [0.25, 0.3) is 0 Å². The summed E-state index contributed by atoms with van der Waals surface area (Å²) in [5.41, 5.74) is 1.72. The van der Waals surface area contributed by atoms with E-state index in [0.717, 1.165) is 12.1 Å². The summed E-state index contributed by atoms with van der Waals surface area (Å²) < 4.78 is 4.72.